The van der Waals surface area contributed by atoms with E-state index in [9.17, 15) is 9.18 Å². The average Bonchev–Trinajstić information content (AvgIpc) is 3.13. The Bertz CT molecular complexity index is 1100. The van der Waals surface area contributed by atoms with E-state index in [-0.39, 0.29) is 17.5 Å². The molecule has 1 N–H and O–H groups in total. The molecule has 0 fully saturated rings. The van der Waals surface area contributed by atoms with Crippen LogP contribution in [0.2, 0.25) is 5.02 Å². The van der Waals surface area contributed by atoms with Gasteiger partial charge in [0.05, 0.1) is 11.1 Å². The number of carbonyl (C=O) groups is 1. The highest BCUT2D eigenvalue weighted by Crippen LogP contribution is 2.38. The Morgan fingerprint density at radius 3 is 2.97 bits per heavy atom. The van der Waals surface area contributed by atoms with Crippen molar-refractivity contribution in [2.75, 3.05) is 0 Å². The van der Waals surface area contributed by atoms with Crippen LogP contribution < -0.4 is 9.47 Å². The number of ether oxygens (including phenoxy) is 2. The van der Waals surface area contributed by atoms with Crippen LogP contribution in [0.5, 0.6) is 16.7 Å². The SMILES string of the molecule is Cc1cnc(Oc2cc(Cl)c(F)c(-c3ccc4c(c3)CC[C@H](CCC(=O)O)O4)c2)s1. The first-order valence-corrected chi connectivity index (χ1v) is 10.7. The van der Waals surface area contributed by atoms with Crippen molar-refractivity contribution in [3.05, 3.63) is 57.8 Å². The first-order chi connectivity index (χ1) is 14.4. The summed E-state index contributed by atoms with van der Waals surface area (Å²) >= 11 is 7.51. The summed E-state index contributed by atoms with van der Waals surface area (Å²) in [5, 5.41) is 9.29. The van der Waals surface area contributed by atoms with Gasteiger partial charge < -0.3 is 14.6 Å². The van der Waals surface area contributed by atoms with Crippen molar-refractivity contribution in [1.29, 1.82) is 0 Å². The van der Waals surface area contributed by atoms with Crippen LogP contribution in [0.1, 0.15) is 29.7 Å². The van der Waals surface area contributed by atoms with Crippen LogP contribution in [0.25, 0.3) is 11.1 Å². The van der Waals surface area contributed by atoms with Crippen molar-refractivity contribution in [2.24, 2.45) is 0 Å². The lowest BCUT2D eigenvalue weighted by molar-refractivity contribution is -0.137. The summed E-state index contributed by atoms with van der Waals surface area (Å²) in [5.74, 6) is -0.233. The van der Waals surface area contributed by atoms with Crippen molar-refractivity contribution >= 4 is 28.9 Å². The van der Waals surface area contributed by atoms with E-state index in [0.717, 1.165) is 23.3 Å². The number of hydrogen-bond donors (Lipinski definition) is 1. The second-order valence-electron chi connectivity index (χ2n) is 7.14. The number of rotatable bonds is 6. The van der Waals surface area contributed by atoms with E-state index in [1.54, 1.807) is 24.4 Å². The summed E-state index contributed by atoms with van der Waals surface area (Å²) < 4.78 is 26.5. The third kappa shape index (κ3) is 4.57. The predicted molar refractivity (Wildman–Crippen MR) is 113 cm³/mol. The van der Waals surface area contributed by atoms with Crippen LogP contribution in [0.3, 0.4) is 0 Å². The van der Waals surface area contributed by atoms with Crippen LogP contribution in [0.15, 0.2) is 36.5 Å². The number of fused-ring (bicyclic) bond motifs is 1. The topological polar surface area (TPSA) is 68.7 Å². The van der Waals surface area contributed by atoms with Gasteiger partial charge in [-0.3, -0.25) is 4.79 Å². The monoisotopic (exact) mass is 447 g/mol. The molecule has 4 rings (SSSR count). The van der Waals surface area contributed by atoms with Crippen LogP contribution in [-0.2, 0) is 11.2 Å². The van der Waals surface area contributed by atoms with Gasteiger partial charge in [-0.05, 0) is 55.5 Å². The number of carboxylic acid groups (broad SMARTS) is 1. The standard InChI is InChI=1S/C22H19ClFNO4S/c1-12-11-25-22(30-12)29-16-9-17(21(24)18(23)10-16)13-3-6-19-14(8-13)2-4-15(28-19)5-7-20(26)27/h3,6,8-11,15H,2,4-5,7H2,1H3,(H,26,27)/t15-/m1/s1. The molecule has 30 heavy (non-hydrogen) atoms. The zero-order chi connectivity index (χ0) is 21.3. The maximum atomic E-state index is 14.8. The van der Waals surface area contributed by atoms with E-state index in [1.165, 1.54) is 17.4 Å². The molecule has 1 atom stereocenters. The molecule has 156 valence electrons. The first kappa shape index (κ1) is 20.6. The molecule has 8 heteroatoms. The minimum atomic E-state index is -0.831. The molecule has 2 heterocycles. The van der Waals surface area contributed by atoms with Gasteiger partial charge in [-0.1, -0.05) is 29.0 Å². The summed E-state index contributed by atoms with van der Waals surface area (Å²) in [7, 11) is 0. The second-order valence-corrected chi connectivity index (χ2v) is 8.74. The minimum absolute atomic E-state index is 0.0292. The molecule has 1 aromatic heterocycles. The number of thiazole rings is 1. The van der Waals surface area contributed by atoms with Gasteiger partial charge in [0, 0.05) is 29.1 Å². The van der Waals surface area contributed by atoms with Crippen LogP contribution >= 0.6 is 22.9 Å². The number of halogens is 2. The quantitative estimate of drug-likeness (QED) is 0.482. The molecule has 0 saturated heterocycles. The van der Waals surface area contributed by atoms with Gasteiger partial charge in [-0.25, -0.2) is 9.37 Å². The number of aromatic nitrogens is 1. The summed E-state index contributed by atoms with van der Waals surface area (Å²) in [4.78, 5) is 15.9. The van der Waals surface area contributed by atoms with Gasteiger partial charge >= 0.3 is 5.97 Å². The van der Waals surface area contributed by atoms with E-state index in [1.807, 2.05) is 13.0 Å². The molecular formula is C22H19ClFNO4S. The zero-order valence-electron chi connectivity index (χ0n) is 16.2. The van der Waals surface area contributed by atoms with Gasteiger partial charge in [0.15, 0.2) is 0 Å². The van der Waals surface area contributed by atoms with Crippen LogP contribution in [0, 0.1) is 12.7 Å². The molecular weight excluding hydrogens is 429 g/mol. The Morgan fingerprint density at radius 2 is 2.23 bits per heavy atom. The molecule has 1 aliphatic rings. The van der Waals surface area contributed by atoms with E-state index in [2.05, 4.69) is 4.98 Å². The van der Waals surface area contributed by atoms with Gasteiger partial charge in [0.2, 0.25) is 0 Å². The van der Waals surface area contributed by atoms with Gasteiger partial charge in [-0.2, -0.15) is 0 Å². The van der Waals surface area contributed by atoms with E-state index in [4.69, 9.17) is 26.2 Å². The molecule has 5 nitrogen and oxygen atoms in total. The lowest BCUT2D eigenvalue weighted by Gasteiger charge is -2.26. The van der Waals surface area contributed by atoms with Crippen molar-refractivity contribution in [1.82, 2.24) is 4.98 Å². The Labute approximate surface area is 182 Å². The van der Waals surface area contributed by atoms with Crippen molar-refractivity contribution in [2.45, 2.75) is 38.7 Å². The zero-order valence-corrected chi connectivity index (χ0v) is 17.7. The highest BCUT2D eigenvalue weighted by Gasteiger charge is 2.22. The Balaban J connectivity index is 1.59. The number of aryl methyl sites for hydroxylation is 2. The molecule has 0 bridgehead atoms. The van der Waals surface area contributed by atoms with E-state index < -0.39 is 11.8 Å². The highest BCUT2D eigenvalue weighted by atomic mass is 35.5. The summed E-state index contributed by atoms with van der Waals surface area (Å²) in [6, 6.07) is 8.49. The average molecular weight is 448 g/mol. The first-order valence-electron chi connectivity index (χ1n) is 9.50. The number of aliphatic carboxylic acids is 1. The highest BCUT2D eigenvalue weighted by molar-refractivity contribution is 7.13. The Kier molecular flexibility index (Phi) is 5.92. The maximum absolute atomic E-state index is 14.8. The van der Waals surface area contributed by atoms with Crippen LogP contribution in [0.4, 0.5) is 4.39 Å². The third-order valence-corrected chi connectivity index (χ3v) is 5.95. The molecule has 0 amide bonds. The Morgan fingerprint density at radius 1 is 1.40 bits per heavy atom. The molecule has 0 unspecified atom stereocenters. The molecule has 0 aliphatic carbocycles. The summed E-state index contributed by atoms with van der Waals surface area (Å²) in [6.07, 6.45) is 3.59. The van der Waals surface area contributed by atoms with Crippen molar-refractivity contribution < 1.29 is 23.8 Å². The maximum Gasteiger partial charge on any atom is 0.303 e. The molecule has 3 aromatic rings. The van der Waals surface area contributed by atoms with E-state index in [0.29, 0.717) is 34.2 Å². The van der Waals surface area contributed by atoms with Crippen molar-refractivity contribution in [3.8, 4) is 27.8 Å². The van der Waals surface area contributed by atoms with Gasteiger partial charge in [0.1, 0.15) is 17.3 Å². The molecule has 1 aliphatic heterocycles. The molecule has 0 radical (unpaired) electrons. The normalized spacial score (nSPS) is 15.4. The third-order valence-electron chi connectivity index (χ3n) is 4.89. The smallest absolute Gasteiger partial charge is 0.303 e. The second kappa shape index (κ2) is 8.62. The van der Waals surface area contributed by atoms with Gasteiger partial charge in [-0.15, -0.1) is 0 Å². The number of benzene rings is 2. The minimum Gasteiger partial charge on any atom is -0.490 e. The number of nitrogens with zero attached hydrogens (tertiary/aromatic N) is 1. The Hall–Kier alpha value is -2.64. The number of carboxylic acids is 1. The van der Waals surface area contributed by atoms with Crippen LogP contribution in [-0.4, -0.2) is 22.2 Å². The fourth-order valence-electron chi connectivity index (χ4n) is 3.42. The molecule has 0 spiro atoms. The molecule has 2 aromatic carbocycles. The largest absolute Gasteiger partial charge is 0.490 e. The fourth-order valence-corrected chi connectivity index (χ4v) is 4.25. The lowest BCUT2D eigenvalue weighted by Crippen LogP contribution is -2.23. The lowest BCUT2D eigenvalue weighted by atomic mass is 9.95. The number of hydrogen-bond acceptors (Lipinski definition) is 5. The van der Waals surface area contributed by atoms with E-state index >= 15 is 0 Å². The fraction of sp³-hybridized carbons (Fsp3) is 0.273. The van der Waals surface area contributed by atoms with Crippen molar-refractivity contribution in [3.63, 3.8) is 0 Å². The van der Waals surface area contributed by atoms with Gasteiger partial charge in [0.25, 0.3) is 5.19 Å². The predicted octanol–water partition coefficient (Wildman–Crippen LogP) is 6.26. The summed E-state index contributed by atoms with van der Waals surface area (Å²) in [5.41, 5.74) is 1.96. The molecule has 0 saturated carbocycles. The summed E-state index contributed by atoms with van der Waals surface area (Å²) in [6.45, 7) is 1.93.